The second-order valence-electron chi connectivity index (χ2n) is 10.5. The lowest BCUT2D eigenvalue weighted by atomic mass is 9.79. The van der Waals surface area contributed by atoms with Gasteiger partial charge in [0.15, 0.2) is 5.82 Å². The average Bonchev–Trinajstić information content (AvgIpc) is 2.88. The minimum Gasteiger partial charge on any atom is -0.236 e. The number of aromatic nitrogens is 2. The normalized spacial score (nSPS) is 18.5. The molecule has 1 aliphatic carbocycles. The number of unbranched alkanes of at least 4 members (excludes halogenated alkanes) is 6. The summed E-state index contributed by atoms with van der Waals surface area (Å²) in [4.78, 5) is 9.25. The van der Waals surface area contributed by atoms with Gasteiger partial charge in [0, 0.05) is 18.0 Å². The Bertz CT molecular complexity index is 798. The first-order valence-electron chi connectivity index (χ1n) is 14.3. The van der Waals surface area contributed by atoms with Crippen LogP contribution in [-0.2, 0) is 12.8 Å². The first-order chi connectivity index (χ1) is 16.8. The zero-order chi connectivity index (χ0) is 23.8. The SMILES string of the molecule is CCCCCCCc1cnc(-c2ccc(CC/C=C/C3CCC(CCCCC)CC3)cc2)nc1. The number of benzene rings is 1. The van der Waals surface area contributed by atoms with E-state index in [-0.39, 0.29) is 0 Å². The number of nitrogens with zero attached hydrogens (tertiary/aromatic N) is 2. The molecular weight excluding hydrogens is 412 g/mol. The molecule has 0 N–H and O–H groups in total. The van der Waals surface area contributed by atoms with Gasteiger partial charge in [0.05, 0.1) is 0 Å². The Hall–Kier alpha value is -1.96. The van der Waals surface area contributed by atoms with Crippen LogP contribution in [0, 0.1) is 11.8 Å². The van der Waals surface area contributed by atoms with Crippen LogP contribution in [0.5, 0.6) is 0 Å². The maximum absolute atomic E-state index is 4.62. The van der Waals surface area contributed by atoms with Gasteiger partial charge in [-0.05, 0) is 74.3 Å². The monoisotopic (exact) mass is 460 g/mol. The number of hydrogen-bond acceptors (Lipinski definition) is 2. The van der Waals surface area contributed by atoms with Crippen molar-refractivity contribution in [2.45, 2.75) is 117 Å². The van der Waals surface area contributed by atoms with Crippen molar-refractivity contribution in [2.24, 2.45) is 11.8 Å². The van der Waals surface area contributed by atoms with Crippen LogP contribution in [-0.4, -0.2) is 9.97 Å². The molecule has 3 rings (SSSR count). The zero-order valence-electron chi connectivity index (χ0n) is 22.0. The van der Waals surface area contributed by atoms with Crippen molar-refractivity contribution in [1.82, 2.24) is 9.97 Å². The van der Waals surface area contributed by atoms with Gasteiger partial charge in [0.1, 0.15) is 0 Å². The zero-order valence-corrected chi connectivity index (χ0v) is 22.0. The van der Waals surface area contributed by atoms with Crippen molar-refractivity contribution in [2.75, 3.05) is 0 Å². The van der Waals surface area contributed by atoms with Gasteiger partial charge in [-0.25, -0.2) is 9.97 Å². The summed E-state index contributed by atoms with van der Waals surface area (Å²) in [6.45, 7) is 4.57. The molecule has 0 atom stereocenters. The molecule has 0 unspecified atom stereocenters. The Morgan fingerprint density at radius 2 is 1.41 bits per heavy atom. The highest BCUT2D eigenvalue weighted by molar-refractivity contribution is 5.55. The van der Waals surface area contributed by atoms with E-state index in [1.165, 1.54) is 94.6 Å². The lowest BCUT2D eigenvalue weighted by Crippen LogP contribution is -2.13. The molecule has 2 nitrogen and oxygen atoms in total. The standard InChI is InChI=1S/C32H48N2/c1-3-5-7-8-10-16-30-25-33-32(34-26-30)31-23-21-29(22-24-31)15-12-11-14-28-19-17-27(18-20-28)13-9-6-4-2/h11,14,21-28H,3-10,12-13,15-20H2,1-2H3/b14-11+. The molecule has 0 amide bonds. The van der Waals surface area contributed by atoms with Crippen LogP contribution in [0.15, 0.2) is 48.8 Å². The van der Waals surface area contributed by atoms with E-state index in [0.29, 0.717) is 0 Å². The molecule has 1 fully saturated rings. The fourth-order valence-corrected chi connectivity index (χ4v) is 5.28. The molecule has 1 saturated carbocycles. The molecule has 0 radical (unpaired) electrons. The summed E-state index contributed by atoms with van der Waals surface area (Å²) in [5, 5.41) is 0. The molecule has 0 aliphatic heterocycles. The molecule has 0 bridgehead atoms. The van der Waals surface area contributed by atoms with Crippen molar-refractivity contribution in [3.8, 4) is 11.4 Å². The minimum atomic E-state index is 0.821. The molecule has 186 valence electrons. The minimum absolute atomic E-state index is 0.821. The summed E-state index contributed by atoms with van der Waals surface area (Å²) in [6, 6.07) is 8.85. The summed E-state index contributed by atoms with van der Waals surface area (Å²) >= 11 is 0. The Morgan fingerprint density at radius 3 is 2.12 bits per heavy atom. The Balaban J connectivity index is 1.35. The average molecular weight is 461 g/mol. The van der Waals surface area contributed by atoms with E-state index in [0.717, 1.165) is 42.5 Å². The Kier molecular flexibility index (Phi) is 12.4. The first kappa shape index (κ1) is 26.6. The highest BCUT2D eigenvalue weighted by Gasteiger charge is 2.18. The van der Waals surface area contributed by atoms with Crippen LogP contribution in [0.3, 0.4) is 0 Å². The van der Waals surface area contributed by atoms with Crippen molar-refractivity contribution in [3.05, 3.63) is 59.9 Å². The van der Waals surface area contributed by atoms with Crippen molar-refractivity contribution in [1.29, 1.82) is 0 Å². The van der Waals surface area contributed by atoms with E-state index < -0.39 is 0 Å². The van der Waals surface area contributed by atoms with Crippen LogP contribution in [0.2, 0.25) is 0 Å². The van der Waals surface area contributed by atoms with Gasteiger partial charge < -0.3 is 0 Å². The molecule has 2 aromatic rings. The largest absolute Gasteiger partial charge is 0.236 e. The van der Waals surface area contributed by atoms with Gasteiger partial charge in [-0.1, -0.05) is 102 Å². The summed E-state index contributed by atoms with van der Waals surface area (Å²) in [5.74, 6) is 2.66. The van der Waals surface area contributed by atoms with Crippen LogP contribution in [0.1, 0.15) is 115 Å². The van der Waals surface area contributed by atoms with Gasteiger partial charge >= 0.3 is 0 Å². The van der Waals surface area contributed by atoms with E-state index >= 15 is 0 Å². The van der Waals surface area contributed by atoms with Crippen LogP contribution in [0.4, 0.5) is 0 Å². The molecule has 1 aromatic carbocycles. The highest BCUT2D eigenvalue weighted by atomic mass is 14.9. The van der Waals surface area contributed by atoms with E-state index in [2.05, 4.69) is 60.2 Å². The molecular formula is C32H48N2. The molecule has 0 saturated heterocycles. The number of rotatable bonds is 15. The number of aryl methyl sites for hydroxylation is 2. The van der Waals surface area contributed by atoms with Crippen LogP contribution >= 0.6 is 0 Å². The van der Waals surface area contributed by atoms with Gasteiger partial charge in [-0.3, -0.25) is 0 Å². The lowest BCUT2D eigenvalue weighted by molar-refractivity contribution is 0.289. The quantitative estimate of drug-likeness (QED) is 0.195. The second-order valence-corrected chi connectivity index (χ2v) is 10.5. The lowest BCUT2D eigenvalue weighted by Gasteiger charge is -2.26. The Morgan fingerprint density at radius 1 is 0.735 bits per heavy atom. The van der Waals surface area contributed by atoms with E-state index in [1.54, 1.807) is 0 Å². The predicted molar refractivity (Wildman–Crippen MR) is 147 cm³/mol. The number of hydrogen-bond donors (Lipinski definition) is 0. The maximum atomic E-state index is 4.62. The van der Waals surface area contributed by atoms with Gasteiger partial charge in [-0.2, -0.15) is 0 Å². The third-order valence-corrected chi connectivity index (χ3v) is 7.60. The van der Waals surface area contributed by atoms with Gasteiger partial charge in [-0.15, -0.1) is 0 Å². The smallest absolute Gasteiger partial charge is 0.159 e. The maximum Gasteiger partial charge on any atom is 0.159 e. The molecule has 1 aromatic heterocycles. The molecule has 1 aliphatic rings. The van der Waals surface area contributed by atoms with E-state index in [1.807, 2.05) is 12.4 Å². The van der Waals surface area contributed by atoms with Crippen molar-refractivity contribution >= 4 is 0 Å². The van der Waals surface area contributed by atoms with Crippen molar-refractivity contribution < 1.29 is 0 Å². The summed E-state index contributed by atoms with van der Waals surface area (Å²) < 4.78 is 0. The second kappa shape index (κ2) is 15.8. The third kappa shape index (κ3) is 9.72. The fraction of sp³-hybridized carbons (Fsp3) is 0.625. The molecule has 34 heavy (non-hydrogen) atoms. The first-order valence-corrected chi connectivity index (χ1v) is 14.3. The molecule has 2 heteroatoms. The topological polar surface area (TPSA) is 25.8 Å². The third-order valence-electron chi connectivity index (χ3n) is 7.60. The molecule has 1 heterocycles. The fourth-order valence-electron chi connectivity index (χ4n) is 5.28. The Labute approximate surface area is 209 Å². The van der Waals surface area contributed by atoms with Gasteiger partial charge in [0.25, 0.3) is 0 Å². The summed E-state index contributed by atoms with van der Waals surface area (Å²) in [7, 11) is 0. The summed E-state index contributed by atoms with van der Waals surface area (Å²) in [6.07, 6.45) is 30.2. The number of allylic oxidation sites excluding steroid dienone is 2. The highest BCUT2D eigenvalue weighted by Crippen LogP contribution is 2.32. The van der Waals surface area contributed by atoms with E-state index in [4.69, 9.17) is 0 Å². The summed E-state index contributed by atoms with van der Waals surface area (Å²) in [5.41, 5.74) is 3.77. The van der Waals surface area contributed by atoms with Crippen molar-refractivity contribution in [3.63, 3.8) is 0 Å². The molecule has 0 spiro atoms. The van der Waals surface area contributed by atoms with E-state index in [9.17, 15) is 0 Å². The van der Waals surface area contributed by atoms with Crippen LogP contribution < -0.4 is 0 Å². The van der Waals surface area contributed by atoms with Gasteiger partial charge in [0.2, 0.25) is 0 Å². The predicted octanol–water partition coefficient (Wildman–Crippen LogP) is 9.53. The van der Waals surface area contributed by atoms with Crippen LogP contribution in [0.25, 0.3) is 11.4 Å².